The Morgan fingerprint density at radius 1 is 1.35 bits per heavy atom. The van der Waals surface area contributed by atoms with Gasteiger partial charge in [-0.1, -0.05) is 30.3 Å². The third-order valence-corrected chi connectivity index (χ3v) is 5.85. The largest absolute Gasteiger partial charge is 0.375 e. The van der Waals surface area contributed by atoms with Crippen LogP contribution >= 0.6 is 11.3 Å². The number of nitrogens with zero attached hydrogens (tertiary/aromatic N) is 2. The van der Waals surface area contributed by atoms with Gasteiger partial charge in [-0.05, 0) is 18.4 Å². The quantitative estimate of drug-likeness (QED) is 0.839. The number of thiazole rings is 1. The number of hydrogen-bond donors (Lipinski definition) is 2. The Balaban J connectivity index is 1.26. The number of rotatable bonds is 5. The first kappa shape index (κ1) is 17.5. The van der Waals surface area contributed by atoms with Gasteiger partial charge in [-0.3, -0.25) is 9.69 Å². The van der Waals surface area contributed by atoms with Crippen molar-refractivity contribution in [2.24, 2.45) is 0 Å². The Morgan fingerprint density at radius 3 is 2.96 bits per heavy atom. The van der Waals surface area contributed by atoms with Crippen LogP contribution in [-0.2, 0) is 16.0 Å². The van der Waals surface area contributed by atoms with Gasteiger partial charge in [-0.15, -0.1) is 11.3 Å². The molecule has 0 unspecified atom stereocenters. The average molecular weight is 372 g/mol. The molecule has 1 amide bonds. The van der Waals surface area contributed by atoms with Crippen LogP contribution in [0.5, 0.6) is 0 Å². The topological polar surface area (TPSA) is 80.5 Å². The van der Waals surface area contributed by atoms with Crippen molar-refractivity contribution in [2.45, 2.75) is 37.5 Å². The molecule has 1 aromatic heterocycles. The minimum atomic E-state index is 0.0851. The van der Waals surface area contributed by atoms with E-state index in [1.165, 1.54) is 16.9 Å². The van der Waals surface area contributed by atoms with Crippen molar-refractivity contribution in [1.82, 2.24) is 15.2 Å². The van der Waals surface area contributed by atoms with Crippen molar-refractivity contribution in [1.29, 1.82) is 0 Å². The summed E-state index contributed by atoms with van der Waals surface area (Å²) >= 11 is 1.42. The van der Waals surface area contributed by atoms with Gasteiger partial charge in [0, 0.05) is 37.0 Å². The van der Waals surface area contributed by atoms with Gasteiger partial charge in [0.15, 0.2) is 5.13 Å². The molecule has 6 nitrogen and oxygen atoms in total. The number of hydrogen-bond acceptors (Lipinski definition) is 6. The molecule has 4 rings (SSSR count). The van der Waals surface area contributed by atoms with E-state index in [0.717, 1.165) is 31.8 Å². The van der Waals surface area contributed by atoms with E-state index in [2.05, 4.69) is 27.3 Å². The predicted octanol–water partition coefficient (Wildman–Crippen LogP) is 1.99. The highest BCUT2D eigenvalue weighted by Gasteiger charge is 2.38. The predicted molar refractivity (Wildman–Crippen MR) is 102 cm³/mol. The maximum absolute atomic E-state index is 12.3. The van der Waals surface area contributed by atoms with Crippen LogP contribution in [0, 0.1) is 0 Å². The van der Waals surface area contributed by atoms with Gasteiger partial charge in [0.05, 0.1) is 18.4 Å². The lowest BCUT2D eigenvalue weighted by Gasteiger charge is -2.35. The minimum absolute atomic E-state index is 0.0851. The second kappa shape index (κ2) is 7.73. The molecule has 26 heavy (non-hydrogen) atoms. The summed E-state index contributed by atoms with van der Waals surface area (Å²) < 4.78 is 6.07. The normalized spacial score (nSPS) is 25.8. The molecule has 138 valence electrons. The fourth-order valence-electron chi connectivity index (χ4n) is 3.83. The molecule has 3 heterocycles. The number of fused-ring (bicyclic) bond motifs is 1. The van der Waals surface area contributed by atoms with Gasteiger partial charge in [0.25, 0.3) is 0 Å². The first-order valence-corrected chi connectivity index (χ1v) is 9.95. The number of aromatic nitrogens is 1. The van der Waals surface area contributed by atoms with Gasteiger partial charge < -0.3 is 15.8 Å². The molecule has 3 atom stereocenters. The van der Waals surface area contributed by atoms with Crippen LogP contribution < -0.4 is 11.1 Å². The fraction of sp³-hybridized carbons (Fsp3) is 0.474. The highest BCUT2D eigenvalue weighted by atomic mass is 32.1. The van der Waals surface area contributed by atoms with Crippen LogP contribution in [0.25, 0.3) is 0 Å². The van der Waals surface area contributed by atoms with Crippen LogP contribution in [0.2, 0.25) is 0 Å². The number of morpholine rings is 1. The van der Waals surface area contributed by atoms with E-state index in [4.69, 9.17) is 10.5 Å². The number of carbonyl (C=O) groups excluding carboxylic acids is 1. The van der Waals surface area contributed by atoms with Crippen LogP contribution in [0.15, 0.2) is 35.7 Å². The number of nitrogens with two attached hydrogens (primary N) is 1. The number of benzene rings is 1. The Labute approximate surface area is 157 Å². The second-order valence-electron chi connectivity index (χ2n) is 7.02. The van der Waals surface area contributed by atoms with E-state index in [9.17, 15) is 4.79 Å². The molecule has 2 saturated heterocycles. The molecule has 7 heteroatoms. The number of carbonyl (C=O) groups is 1. The van der Waals surface area contributed by atoms with E-state index in [0.29, 0.717) is 24.0 Å². The molecule has 2 fully saturated rings. The number of anilines is 1. The highest BCUT2D eigenvalue weighted by Crippen LogP contribution is 2.30. The molecule has 3 N–H and O–H groups in total. The average Bonchev–Trinajstić information content (AvgIpc) is 3.25. The summed E-state index contributed by atoms with van der Waals surface area (Å²) in [5, 5.41) is 5.65. The van der Waals surface area contributed by atoms with E-state index in [1.807, 2.05) is 23.6 Å². The van der Waals surface area contributed by atoms with Crippen LogP contribution in [0.4, 0.5) is 5.13 Å². The first-order chi connectivity index (χ1) is 12.7. The Hall–Kier alpha value is -1.96. The SMILES string of the molecule is Nc1nc(CCC(=O)N[C@@H]2C[C@H]3CO[C@@H](c4ccccc4)CN3C2)cs1. The smallest absolute Gasteiger partial charge is 0.220 e. The zero-order chi connectivity index (χ0) is 17.9. The molecule has 0 spiro atoms. The highest BCUT2D eigenvalue weighted by molar-refractivity contribution is 7.13. The minimum Gasteiger partial charge on any atom is -0.375 e. The third kappa shape index (κ3) is 4.06. The number of nitrogens with one attached hydrogen (secondary N) is 1. The van der Waals surface area contributed by atoms with Crippen LogP contribution in [-0.4, -0.2) is 47.6 Å². The molecule has 0 saturated carbocycles. The van der Waals surface area contributed by atoms with E-state index in [1.54, 1.807) is 0 Å². The maximum Gasteiger partial charge on any atom is 0.220 e. The van der Waals surface area contributed by atoms with Crippen LogP contribution in [0.3, 0.4) is 0 Å². The number of amides is 1. The number of nitrogen functional groups attached to an aromatic ring is 1. The van der Waals surface area contributed by atoms with Gasteiger partial charge in [0.1, 0.15) is 0 Å². The monoisotopic (exact) mass is 372 g/mol. The fourth-order valence-corrected chi connectivity index (χ4v) is 4.42. The summed E-state index contributed by atoms with van der Waals surface area (Å²) in [4.78, 5) is 18.9. The summed E-state index contributed by atoms with van der Waals surface area (Å²) in [5.41, 5.74) is 7.74. The molecule has 0 radical (unpaired) electrons. The van der Waals surface area contributed by atoms with E-state index < -0.39 is 0 Å². The maximum atomic E-state index is 12.3. The van der Waals surface area contributed by atoms with Crippen molar-refractivity contribution < 1.29 is 9.53 Å². The van der Waals surface area contributed by atoms with E-state index >= 15 is 0 Å². The molecule has 2 aromatic rings. The zero-order valence-electron chi connectivity index (χ0n) is 14.6. The Bertz CT molecular complexity index is 751. The van der Waals surface area contributed by atoms with Gasteiger partial charge in [-0.2, -0.15) is 0 Å². The summed E-state index contributed by atoms with van der Waals surface area (Å²) in [5.74, 6) is 0.0851. The number of ether oxygens (including phenoxy) is 1. The van der Waals surface area contributed by atoms with Gasteiger partial charge in [0.2, 0.25) is 5.91 Å². The lowest BCUT2D eigenvalue weighted by Crippen LogP contribution is -2.43. The summed E-state index contributed by atoms with van der Waals surface area (Å²) in [6.07, 6.45) is 2.17. The third-order valence-electron chi connectivity index (χ3n) is 5.13. The van der Waals surface area contributed by atoms with Crippen molar-refractivity contribution in [2.75, 3.05) is 25.4 Å². The molecule has 2 aliphatic rings. The van der Waals surface area contributed by atoms with Crippen molar-refractivity contribution in [3.8, 4) is 0 Å². The molecule has 0 aliphatic carbocycles. The Kier molecular flexibility index (Phi) is 5.19. The number of aryl methyl sites for hydroxylation is 1. The lowest BCUT2D eigenvalue weighted by atomic mass is 10.1. The molecule has 1 aromatic carbocycles. The van der Waals surface area contributed by atoms with E-state index in [-0.39, 0.29) is 18.1 Å². The van der Waals surface area contributed by atoms with Gasteiger partial charge in [-0.25, -0.2) is 4.98 Å². The molecule has 2 aliphatic heterocycles. The first-order valence-electron chi connectivity index (χ1n) is 9.07. The van der Waals surface area contributed by atoms with Crippen molar-refractivity contribution in [3.05, 3.63) is 47.0 Å². The second-order valence-corrected chi connectivity index (χ2v) is 7.91. The lowest BCUT2D eigenvalue weighted by molar-refractivity contribution is -0.121. The zero-order valence-corrected chi connectivity index (χ0v) is 15.5. The molecular weight excluding hydrogens is 348 g/mol. The molecule has 0 bridgehead atoms. The Morgan fingerprint density at radius 2 is 2.19 bits per heavy atom. The molecular formula is C19H24N4O2S. The van der Waals surface area contributed by atoms with Gasteiger partial charge >= 0.3 is 0 Å². The standard InChI is InChI=1S/C19H24N4O2S/c20-19-22-14(12-26-19)6-7-18(24)21-15-8-16-11-25-17(10-23(16)9-15)13-4-2-1-3-5-13/h1-5,12,15-17H,6-11H2,(H2,20,22)(H,21,24)/t15-,16+,17-/m1/s1. The summed E-state index contributed by atoms with van der Waals surface area (Å²) in [6.45, 7) is 2.51. The summed E-state index contributed by atoms with van der Waals surface area (Å²) in [6, 6.07) is 11.0. The summed E-state index contributed by atoms with van der Waals surface area (Å²) in [7, 11) is 0. The van der Waals surface area contributed by atoms with Crippen LogP contribution in [0.1, 0.15) is 30.2 Å². The van der Waals surface area contributed by atoms with Crippen molar-refractivity contribution in [3.63, 3.8) is 0 Å². The van der Waals surface area contributed by atoms with Crippen molar-refractivity contribution >= 4 is 22.4 Å².